The Hall–Kier alpha value is -3.27. The summed E-state index contributed by atoms with van der Waals surface area (Å²) in [6, 6.07) is 9.34. The summed E-state index contributed by atoms with van der Waals surface area (Å²) < 4.78 is 9.62. The fourth-order valence-corrected chi connectivity index (χ4v) is 1.67. The van der Waals surface area contributed by atoms with Gasteiger partial charge in [0, 0.05) is 0 Å². The van der Waals surface area contributed by atoms with Crippen molar-refractivity contribution in [1.82, 2.24) is 15.5 Å². The molecule has 0 atom stereocenters. The molecule has 2 aromatic rings. The predicted octanol–water partition coefficient (Wildman–Crippen LogP) is 1.47. The molecule has 2 N–H and O–H groups in total. The molecule has 1 amide bonds. The van der Waals surface area contributed by atoms with Crippen LogP contribution in [0.25, 0.3) is 0 Å². The molecule has 23 heavy (non-hydrogen) atoms. The second-order valence-electron chi connectivity index (χ2n) is 4.37. The van der Waals surface area contributed by atoms with Crippen LogP contribution < -0.4 is 5.32 Å². The van der Waals surface area contributed by atoms with Crippen molar-refractivity contribution in [2.24, 2.45) is 0 Å². The Balaban J connectivity index is 1.78. The Bertz CT molecular complexity index is 729. The van der Waals surface area contributed by atoms with Gasteiger partial charge in [-0.3, -0.25) is 5.10 Å². The summed E-state index contributed by atoms with van der Waals surface area (Å²) in [6.45, 7) is 0.272. The molecule has 1 aromatic carbocycles. The van der Waals surface area contributed by atoms with E-state index < -0.39 is 12.1 Å². The molecule has 0 spiro atoms. The Morgan fingerprint density at radius 3 is 2.83 bits per heavy atom. The highest BCUT2D eigenvalue weighted by Crippen LogP contribution is 2.03. The molecule has 0 unspecified atom stereocenters. The van der Waals surface area contributed by atoms with Gasteiger partial charge in [-0.15, -0.1) is 0 Å². The second kappa shape index (κ2) is 8.24. The first-order valence-electron chi connectivity index (χ1n) is 6.76. The molecule has 7 heteroatoms. The molecule has 2 rings (SSSR count). The van der Waals surface area contributed by atoms with Gasteiger partial charge >= 0.3 is 12.1 Å². The third-order valence-electron chi connectivity index (χ3n) is 2.79. The van der Waals surface area contributed by atoms with Crippen molar-refractivity contribution in [3.05, 3.63) is 53.3 Å². The number of nitrogens with one attached hydrogen (secondary N) is 2. The van der Waals surface area contributed by atoms with Gasteiger partial charge in [0.2, 0.25) is 0 Å². The number of carbonyl (C=O) groups excluding carboxylic acids is 2. The minimum atomic E-state index is -0.566. The van der Waals surface area contributed by atoms with E-state index in [9.17, 15) is 9.59 Å². The van der Waals surface area contributed by atoms with E-state index in [-0.39, 0.29) is 18.8 Å². The first kappa shape index (κ1) is 16.1. The predicted molar refractivity (Wildman–Crippen MR) is 81.4 cm³/mol. The van der Waals surface area contributed by atoms with E-state index in [1.54, 1.807) is 0 Å². The topological polar surface area (TPSA) is 93.3 Å². The highest BCUT2D eigenvalue weighted by atomic mass is 16.5. The first-order valence-corrected chi connectivity index (χ1v) is 6.76. The number of ether oxygens (including phenoxy) is 2. The zero-order valence-electron chi connectivity index (χ0n) is 12.5. The standard InChI is InChI=1S/C16H15N3O4/c1-22-15(20)14-13(10-18-19-14)8-5-9-17-16(21)23-11-12-6-3-2-4-7-12/h2-4,6-7,10H,9,11H2,1H3,(H,17,21)(H,18,19). The monoisotopic (exact) mass is 313 g/mol. The SMILES string of the molecule is COC(=O)c1[nH]ncc1C#CCNC(=O)OCc1ccccc1. The van der Waals surface area contributed by atoms with Gasteiger partial charge < -0.3 is 14.8 Å². The maximum absolute atomic E-state index is 11.5. The number of aromatic nitrogens is 2. The number of aromatic amines is 1. The second-order valence-corrected chi connectivity index (χ2v) is 4.37. The normalized spacial score (nSPS) is 9.43. The minimum absolute atomic E-state index is 0.0828. The zero-order valence-corrected chi connectivity index (χ0v) is 12.5. The van der Waals surface area contributed by atoms with Crippen LogP contribution in [-0.2, 0) is 16.1 Å². The van der Waals surface area contributed by atoms with Crippen LogP contribution in [0.4, 0.5) is 4.79 Å². The van der Waals surface area contributed by atoms with E-state index in [1.165, 1.54) is 13.3 Å². The summed E-state index contributed by atoms with van der Waals surface area (Å²) in [5.74, 6) is 4.88. The number of rotatable bonds is 4. The fourth-order valence-electron chi connectivity index (χ4n) is 1.67. The average molecular weight is 313 g/mol. The summed E-state index contributed by atoms with van der Waals surface area (Å²) in [6.07, 6.45) is 0.844. The molecule has 0 saturated carbocycles. The van der Waals surface area contributed by atoms with Crippen LogP contribution in [0.3, 0.4) is 0 Å². The molecule has 0 saturated heterocycles. The highest BCUT2D eigenvalue weighted by Gasteiger charge is 2.12. The zero-order chi connectivity index (χ0) is 16.5. The Labute approximate surface area is 133 Å². The van der Waals surface area contributed by atoms with Crippen LogP contribution >= 0.6 is 0 Å². The maximum Gasteiger partial charge on any atom is 0.408 e. The molecule has 0 fully saturated rings. The summed E-state index contributed by atoms with van der Waals surface area (Å²) in [7, 11) is 1.27. The molecule has 0 aliphatic carbocycles. The van der Waals surface area contributed by atoms with Gasteiger partial charge in [0.15, 0.2) is 5.69 Å². The number of hydrogen-bond acceptors (Lipinski definition) is 5. The van der Waals surface area contributed by atoms with Gasteiger partial charge in [0.1, 0.15) is 6.61 Å². The molecule has 7 nitrogen and oxygen atoms in total. The van der Waals surface area contributed by atoms with Crippen LogP contribution in [-0.4, -0.2) is 35.9 Å². The van der Waals surface area contributed by atoms with E-state index in [4.69, 9.17) is 4.74 Å². The fraction of sp³-hybridized carbons (Fsp3) is 0.188. The van der Waals surface area contributed by atoms with Gasteiger partial charge in [0.25, 0.3) is 0 Å². The number of esters is 1. The highest BCUT2D eigenvalue weighted by molar-refractivity contribution is 5.89. The van der Waals surface area contributed by atoms with Crippen molar-refractivity contribution in [3.8, 4) is 11.8 Å². The van der Waals surface area contributed by atoms with E-state index in [0.29, 0.717) is 5.56 Å². The molecular weight excluding hydrogens is 298 g/mol. The summed E-state index contributed by atoms with van der Waals surface area (Å²) in [5.41, 5.74) is 1.47. The Morgan fingerprint density at radius 2 is 2.09 bits per heavy atom. The van der Waals surface area contributed by atoms with Gasteiger partial charge in [-0.2, -0.15) is 5.10 Å². The molecule has 0 aliphatic rings. The molecule has 0 bridgehead atoms. The molecular formula is C16H15N3O4. The van der Waals surface area contributed by atoms with Gasteiger partial charge in [0.05, 0.1) is 25.4 Å². The van der Waals surface area contributed by atoms with Crippen molar-refractivity contribution in [1.29, 1.82) is 0 Å². The minimum Gasteiger partial charge on any atom is -0.464 e. The lowest BCUT2D eigenvalue weighted by molar-refractivity contribution is 0.0593. The third kappa shape index (κ3) is 4.89. The molecule has 0 aliphatic heterocycles. The van der Waals surface area contributed by atoms with Crippen LogP contribution in [0.5, 0.6) is 0 Å². The van der Waals surface area contributed by atoms with Crippen molar-refractivity contribution in [3.63, 3.8) is 0 Å². The number of amides is 1. The first-order chi connectivity index (χ1) is 11.2. The lowest BCUT2D eigenvalue weighted by Crippen LogP contribution is -2.24. The number of hydrogen-bond donors (Lipinski definition) is 2. The average Bonchev–Trinajstić information content (AvgIpc) is 3.05. The van der Waals surface area contributed by atoms with Crippen LogP contribution in [0.2, 0.25) is 0 Å². The van der Waals surface area contributed by atoms with E-state index in [2.05, 4.69) is 32.1 Å². The Kier molecular flexibility index (Phi) is 5.77. The summed E-state index contributed by atoms with van der Waals surface area (Å²) >= 11 is 0. The quantitative estimate of drug-likeness (QED) is 0.658. The van der Waals surface area contributed by atoms with Gasteiger partial charge in [-0.05, 0) is 5.56 Å². The van der Waals surface area contributed by atoms with Crippen LogP contribution in [0, 0.1) is 11.8 Å². The molecule has 1 aromatic heterocycles. The number of carbonyl (C=O) groups is 2. The summed E-state index contributed by atoms with van der Waals surface area (Å²) in [4.78, 5) is 22.9. The lowest BCUT2D eigenvalue weighted by atomic mass is 10.2. The third-order valence-corrected chi connectivity index (χ3v) is 2.79. The Morgan fingerprint density at radius 1 is 1.30 bits per heavy atom. The van der Waals surface area contributed by atoms with E-state index in [1.807, 2.05) is 30.3 Å². The number of methoxy groups -OCH3 is 1. The van der Waals surface area contributed by atoms with Crippen molar-refractivity contribution >= 4 is 12.1 Å². The van der Waals surface area contributed by atoms with Crippen molar-refractivity contribution in [2.75, 3.05) is 13.7 Å². The van der Waals surface area contributed by atoms with Crippen molar-refractivity contribution in [2.45, 2.75) is 6.61 Å². The van der Waals surface area contributed by atoms with Crippen LogP contribution in [0.1, 0.15) is 21.6 Å². The van der Waals surface area contributed by atoms with Crippen molar-refractivity contribution < 1.29 is 19.1 Å². The molecule has 118 valence electrons. The maximum atomic E-state index is 11.5. The van der Waals surface area contributed by atoms with Gasteiger partial charge in [-0.1, -0.05) is 42.2 Å². The number of alkyl carbamates (subject to hydrolysis) is 1. The summed E-state index contributed by atoms with van der Waals surface area (Å²) in [5, 5.41) is 8.73. The number of H-pyrrole nitrogens is 1. The number of benzene rings is 1. The molecule has 0 radical (unpaired) electrons. The van der Waals surface area contributed by atoms with Gasteiger partial charge in [-0.25, -0.2) is 9.59 Å². The molecule has 1 heterocycles. The number of nitrogens with zero attached hydrogens (tertiary/aromatic N) is 1. The lowest BCUT2D eigenvalue weighted by Gasteiger charge is -2.04. The van der Waals surface area contributed by atoms with E-state index in [0.717, 1.165) is 5.56 Å². The van der Waals surface area contributed by atoms with E-state index >= 15 is 0 Å². The van der Waals surface area contributed by atoms with Crippen LogP contribution in [0.15, 0.2) is 36.5 Å². The smallest absolute Gasteiger partial charge is 0.408 e. The largest absolute Gasteiger partial charge is 0.464 e.